The van der Waals surface area contributed by atoms with Gasteiger partial charge in [0, 0.05) is 17.3 Å². The van der Waals surface area contributed by atoms with E-state index in [1.165, 1.54) is 23.1 Å². The zero-order chi connectivity index (χ0) is 17.5. The molecule has 1 aromatic heterocycles. The third kappa shape index (κ3) is 4.83. The van der Waals surface area contributed by atoms with E-state index in [9.17, 15) is 4.79 Å². The fourth-order valence-electron chi connectivity index (χ4n) is 1.80. The number of hydrazine groups is 1. The maximum absolute atomic E-state index is 11.8. The number of hydrogen-bond acceptors (Lipinski definition) is 6. The number of carbonyl (C=O) groups is 1. The molecule has 0 unspecified atom stereocenters. The van der Waals surface area contributed by atoms with Crippen LogP contribution < -0.4 is 15.6 Å². The molecule has 6 nitrogen and oxygen atoms in total. The molecule has 2 N–H and O–H groups in total. The number of nitrogens with one attached hydrogen (secondary N) is 2. The van der Waals surface area contributed by atoms with Crippen molar-refractivity contribution in [3.8, 4) is 11.8 Å². The average molecular weight is 342 g/mol. The second-order valence-electron chi connectivity index (χ2n) is 5.19. The number of aromatic nitrogens is 1. The van der Waals surface area contributed by atoms with E-state index in [-0.39, 0.29) is 12.5 Å². The number of thiazole rings is 1. The quantitative estimate of drug-likeness (QED) is 0.622. The lowest BCUT2D eigenvalue weighted by atomic mass is 10.1. The van der Waals surface area contributed by atoms with Gasteiger partial charge in [-0.05, 0) is 44.0 Å². The highest BCUT2D eigenvalue weighted by Crippen LogP contribution is 2.17. The first-order valence-corrected chi connectivity index (χ1v) is 8.14. The Hall–Kier alpha value is -2.85. The van der Waals surface area contributed by atoms with Gasteiger partial charge in [-0.15, -0.1) is 11.3 Å². The molecule has 7 heteroatoms. The summed E-state index contributed by atoms with van der Waals surface area (Å²) in [4.78, 5) is 16.0. The van der Waals surface area contributed by atoms with Crippen LogP contribution in [0.1, 0.15) is 21.8 Å². The minimum absolute atomic E-state index is 0.123. The Bertz CT molecular complexity index is 805. The third-order valence-corrected chi connectivity index (χ3v) is 4.24. The summed E-state index contributed by atoms with van der Waals surface area (Å²) in [5.41, 5.74) is 8.53. The predicted octanol–water partition coefficient (Wildman–Crippen LogP) is 2.63. The summed E-state index contributed by atoms with van der Waals surface area (Å²) in [7, 11) is 0. The summed E-state index contributed by atoms with van der Waals surface area (Å²) in [5.74, 6) is 0.289. The molecule has 0 bridgehead atoms. The molecule has 0 fully saturated rings. The molecule has 2 rings (SSSR count). The predicted molar refractivity (Wildman–Crippen MR) is 93.1 cm³/mol. The van der Waals surface area contributed by atoms with Gasteiger partial charge in [0.1, 0.15) is 22.4 Å². The number of rotatable bonds is 6. The van der Waals surface area contributed by atoms with E-state index in [0.717, 1.165) is 11.3 Å². The molecule has 1 heterocycles. The van der Waals surface area contributed by atoms with E-state index in [1.807, 2.05) is 50.4 Å². The second-order valence-corrected chi connectivity index (χ2v) is 6.05. The van der Waals surface area contributed by atoms with Crippen LogP contribution in [0.3, 0.4) is 0 Å². The number of carbonyl (C=O) groups excluding carboxylic acids is 1. The summed E-state index contributed by atoms with van der Waals surface area (Å²) >= 11 is 1.37. The number of hydrogen-bond donors (Lipinski definition) is 2. The van der Waals surface area contributed by atoms with E-state index in [4.69, 9.17) is 10.00 Å². The molecular formula is C17H18N4O2S. The van der Waals surface area contributed by atoms with Gasteiger partial charge in [0.2, 0.25) is 0 Å². The van der Waals surface area contributed by atoms with Crippen LogP contribution in [0.4, 0.5) is 0 Å². The monoisotopic (exact) mass is 342 g/mol. The number of ether oxygens (including phenoxy) is 1. The van der Waals surface area contributed by atoms with Crippen molar-refractivity contribution in [1.29, 1.82) is 5.26 Å². The molecule has 0 spiro atoms. The van der Waals surface area contributed by atoms with Crippen LogP contribution in [0, 0.1) is 32.1 Å². The van der Waals surface area contributed by atoms with E-state index < -0.39 is 0 Å². The zero-order valence-electron chi connectivity index (χ0n) is 13.7. The van der Waals surface area contributed by atoms with E-state index >= 15 is 0 Å². The van der Waals surface area contributed by atoms with Crippen molar-refractivity contribution in [3.63, 3.8) is 0 Å². The van der Waals surface area contributed by atoms with Gasteiger partial charge in [-0.2, -0.15) is 5.26 Å². The highest BCUT2D eigenvalue weighted by atomic mass is 32.1. The maximum atomic E-state index is 11.8. The molecule has 0 radical (unpaired) electrons. The van der Waals surface area contributed by atoms with Crippen molar-refractivity contribution < 1.29 is 9.53 Å². The van der Waals surface area contributed by atoms with Crippen LogP contribution in [-0.4, -0.2) is 17.5 Å². The largest absolute Gasteiger partial charge is 0.484 e. The zero-order valence-corrected chi connectivity index (χ0v) is 14.5. The Morgan fingerprint density at radius 2 is 2.17 bits per heavy atom. The first-order valence-electron chi connectivity index (χ1n) is 7.27. The fraction of sp³-hybridized carbons (Fsp3) is 0.235. The number of nitrogens with zero attached hydrogens (tertiary/aromatic N) is 2. The van der Waals surface area contributed by atoms with Crippen molar-refractivity contribution in [2.24, 2.45) is 0 Å². The number of benzene rings is 1. The summed E-state index contributed by atoms with van der Waals surface area (Å²) in [6.07, 6.45) is 1.41. The van der Waals surface area contributed by atoms with Crippen molar-refractivity contribution in [1.82, 2.24) is 15.8 Å². The molecule has 0 aliphatic heterocycles. The van der Waals surface area contributed by atoms with Crippen LogP contribution in [0.25, 0.3) is 5.57 Å². The van der Waals surface area contributed by atoms with Gasteiger partial charge in [-0.1, -0.05) is 6.07 Å². The summed E-state index contributed by atoms with van der Waals surface area (Å²) in [6, 6.07) is 7.69. The molecule has 0 saturated heterocycles. The second kappa shape index (κ2) is 8.13. The summed E-state index contributed by atoms with van der Waals surface area (Å²) in [6.45, 7) is 5.73. The lowest BCUT2D eigenvalue weighted by molar-refractivity contribution is -0.123. The van der Waals surface area contributed by atoms with Crippen LogP contribution in [-0.2, 0) is 4.79 Å². The van der Waals surface area contributed by atoms with Crippen LogP contribution in [0.15, 0.2) is 29.8 Å². The van der Waals surface area contributed by atoms with Gasteiger partial charge in [0.15, 0.2) is 6.61 Å². The number of aryl methyl sites for hydroxylation is 3. The van der Waals surface area contributed by atoms with Crippen LogP contribution >= 0.6 is 11.3 Å². The smallest absolute Gasteiger partial charge is 0.276 e. The highest BCUT2D eigenvalue weighted by Gasteiger charge is 2.06. The Morgan fingerprint density at radius 1 is 1.38 bits per heavy atom. The highest BCUT2D eigenvalue weighted by molar-refractivity contribution is 7.10. The van der Waals surface area contributed by atoms with Gasteiger partial charge in [-0.25, -0.2) is 4.98 Å². The Morgan fingerprint density at radius 3 is 2.79 bits per heavy atom. The number of amides is 1. The molecular weight excluding hydrogens is 324 g/mol. The first-order chi connectivity index (χ1) is 11.5. The molecule has 2 aromatic rings. The summed E-state index contributed by atoms with van der Waals surface area (Å²) < 4.78 is 5.43. The van der Waals surface area contributed by atoms with Gasteiger partial charge in [-0.3, -0.25) is 10.2 Å². The third-order valence-electron chi connectivity index (χ3n) is 3.25. The van der Waals surface area contributed by atoms with E-state index in [1.54, 1.807) is 0 Å². The normalized spacial score (nSPS) is 10.8. The van der Waals surface area contributed by atoms with Crippen molar-refractivity contribution >= 4 is 22.8 Å². The fourth-order valence-corrected chi connectivity index (χ4v) is 2.56. The minimum Gasteiger partial charge on any atom is -0.484 e. The van der Waals surface area contributed by atoms with Crippen LogP contribution in [0.2, 0.25) is 0 Å². The van der Waals surface area contributed by atoms with Crippen molar-refractivity contribution in [2.75, 3.05) is 6.61 Å². The van der Waals surface area contributed by atoms with Gasteiger partial charge in [0.25, 0.3) is 5.91 Å². The Balaban J connectivity index is 1.83. The Kier molecular flexibility index (Phi) is 5.93. The van der Waals surface area contributed by atoms with E-state index in [2.05, 4.69) is 15.8 Å². The molecule has 124 valence electrons. The van der Waals surface area contributed by atoms with Crippen LogP contribution in [0.5, 0.6) is 5.75 Å². The number of allylic oxidation sites excluding steroid dienone is 1. The molecule has 0 aliphatic rings. The Labute approximate surface area is 144 Å². The van der Waals surface area contributed by atoms with Gasteiger partial charge < -0.3 is 10.2 Å². The van der Waals surface area contributed by atoms with Gasteiger partial charge >= 0.3 is 0 Å². The first kappa shape index (κ1) is 17.5. The minimum atomic E-state index is -0.350. The lowest BCUT2D eigenvalue weighted by Gasteiger charge is -2.09. The molecule has 24 heavy (non-hydrogen) atoms. The van der Waals surface area contributed by atoms with Crippen molar-refractivity contribution in [3.05, 3.63) is 51.6 Å². The van der Waals surface area contributed by atoms with Gasteiger partial charge in [0.05, 0.1) is 0 Å². The maximum Gasteiger partial charge on any atom is 0.276 e. The standard InChI is InChI=1S/C17H18N4O2S/c1-11-4-5-15(6-12(11)2)23-9-16(22)21-19-8-14(7-18)17-20-13(3)10-24-17/h4-6,8,10,19H,9H2,1-3H3,(H,21,22)/b14-8+. The molecule has 1 amide bonds. The number of nitriles is 1. The summed E-state index contributed by atoms with van der Waals surface area (Å²) in [5, 5.41) is 11.6. The molecule has 1 aromatic carbocycles. The van der Waals surface area contributed by atoms with Crippen molar-refractivity contribution in [2.45, 2.75) is 20.8 Å². The SMILES string of the molecule is Cc1csc(/C(C#N)=C/NNC(=O)COc2ccc(C)c(C)c2)n1. The lowest BCUT2D eigenvalue weighted by Crippen LogP contribution is -2.37. The molecule has 0 atom stereocenters. The topological polar surface area (TPSA) is 87.0 Å². The van der Waals surface area contributed by atoms with E-state index in [0.29, 0.717) is 16.3 Å². The molecule has 0 saturated carbocycles. The molecule has 0 aliphatic carbocycles. The average Bonchev–Trinajstić information content (AvgIpc) is 2.99.